The fourth-order valence-corrected chi connectivity index (χ4v) is 1.03. The van der Waals surface area contributed by atoms with Crippen LogP contribution in [-0.2, 0) is 4.79 Å². The van der Waals surface area contributed by atoms with E-state index in [9.17, 15) is 4.79 Å². The zero-order valence-corrected chi connectivity index (χ0v) is 7.56. The first-order valence-corrected chi connectivity index (χ1v) is 4.00. The van der Waals surface area contributed by atoms with E-state index in [1.54, 1.807) is 12.1 Å². The maximum absolute atomic E-state index is 10.1. The van der Waals surface area contributed by atoms with Gasteiger partial charge in [-0.3, -0.25) is 4.79 Å². The Labute approximate surface area is 80.6 Å². The van der Waals surface area contributed by atoms with Crippen LogP contribution in [0.5, 0.6) is 0 Å². The fraction of sp³-hybridized carbons (Fsp3) is 0. The van der Waals surface area contributed by atoms with Crippen molar-refractivity contribution < 1.29 is 4.79 Å². The van der Waals surface area contributed by atoms with Crippen LogP contribution in [0.1, 0.15) is 5.56 Å². The van der Waals surface area contributed by atoms with Gasteiger partial charge in [-0.2, -0.15) is 0 Å². The molecule has 1 rings (SSSR count). The predicted octanol–water partition coefficient (Wildman–Crippen LogP) is 2.94. The van der Waals surface area contributed by atoms with Crippen molar-refractivity contribution in [2.45, 2.75) is 0 Å². The molecule has 1 aromatic rings. The second kappa shape index (κ2) is 4.29. The van der Waals surface area contributed by atoms with Gasteiger partial charge < -0.3 is 0 Å². The summed E-state index contributed by atoms with van der Waals surface area (Å²) in [6.07, 6.45) is 1.53. The molecule has 0 atom stereocenters. The lowest BCUT2D eigenvalue weighted by Gasteiger charge is -1.97. The molecule has 1 radical (unpaired) electrons. The van der Waals surface area contributed by atoms with E-state index in [0.29, 0.717) is 5.56 Å². The molecule has 0 heterocycles. The Bertz CT molecular complexity index is 304. The Morgan fingerprint density at radius 3 is 2.25 bits per heavy atom. The van der Waals surface area contributed by atoms with Gasteiger partial charge in [0.1, 0.15) is 5.03 Å². The van der Waals surface area contributed by atoms with Crippen LogP contribution in [0.4, 0.5) is 0 Å². The minimum atomic E-state index is -0.0946. The number of hydrogen-bond donors (Lipinski definition) is 0. The highest BCUT2D eigenvalue weighted by molar-refractivity contribution is 6.58. The first kappa shape index (κ1) is 9.30. The lowest BCUT2D eigenvalue weighted by Crippen LogP contribution is -1.80. The minimum Gasteiger partial charge on any atom is -0.284 e. The minimum absolute atomic E-state index is 0.0946. The summed E-state index contributed by atoms with van der Waals surface area (Å²) in [4.78, 5) is 10.1. The van der Waals surface area contributed by atoms with Gasteiger partial charge in [0, 0.05) is 0 Å². The van der Waals surface area contributed by atoms with Gasteiger partial charge in [-0.05, 0) is 5.56 Å². The Morgan fingerprint density at radius 1 is 1.17 bits per heavy atom. The molecular formula is C9H5Cl2O. The van der Waals surface area contributed by atoms with Crippen molar-refractivity contribution in [3.63, 3.8) is 0 Å². The second-order valence-corrected chi connectivity index (χ2v) is 2.85. The van der Waals surface area contributed by atoms with Crippen molar-refractivity contribution in [1.82, 2.24) is 0 Å². The van der Waals surface area contributed by atoms with E-state index in [2.05, 4.69) is 0 Å². The predicted molar refractivity (Wildman–Crippen MR) is 50.8 cm³/mol. The maximum atomic E-state index is 10.1. The summed E-state index contributed by atoms with van der Waals surface area (Å²) >= 11 is 11.2. The molecule has 0 spiro atoms. The summed E-state index contributed by atoms with van der Waals surface area (Å²) in [5.74, 6) is 0. The largest absolute Gasteiger partial charge is 0.284 e. The molecule has 1 nitrogen and oxygen atoms in total. The third kappa shape index (κ3) is 2.10. The van der Waals surface area contributed by atoms with Crippen LogP contribution in [0, 0.1) is 0 Å². The number of halogens is 2. The molecule has 61 valence electrons. The van der Waals surface area contributed by atoms with E-state index in [-0.39, 0.29) is 10.1 Å². The molecule has 0 fully saturated rings. The Kier molecular flexibility index (Phi) is 3.32. The number of rotatable bonds is 2. The van der Waals surface area contributed by atoms with Gasteiger partial charge in [-0.25, -0.2) is 0 Å². The van der Waals surface area contributed by atoms with Gasteiger partial charge in [0.05, 0.1) is 5.03 Å². The van der Waals surface area contributed by atoms with Crippen molar-refractivity contribution in [3.8, 4) is 0 Å². The number of hydrogen-bond acceptors (Lipinski definition) is 1. The van der Waals surface area contributed by atoms with Crippen molar-refractivity contribution in [1.29, 1.82) is 0 Å². The van der Waals surface area contributed by atoms with Crippen LogP contribution < -0.4 is 0 Å². The summed E-state index contributed by atoms with van der Waals surface area (Å²) in [5, 5.41) is 0.134. The van der Waals surface area contributed by atoms with Crippen LogP contribution in [-0.4, -0.2) is 6.29 Å². The van der Waals surface area contributed by atoms with Gasteiger partial charge in [-0.15, -0.1) is 0 Å². The maximum Gasteiger partial charge on any atom is 0.247 e. The van der Waals surface area contributed by atoms with Crippen molar-refractivity contribution in [2.24, 2.45) is 0 Å². The van der Waals surface area contributed by atoms with E-state index in [1.807, 2.05) is 18.2 Å². The molecule has 0 aromatic heterocycles. The summed E-state index contributed by atoms with van der Waals surface area (Å²) in [5.41, 5.74) is 0.715. The van der Waals surface area contributed by atoms with Crippen LogP contribution in [0.15, 0.2) is 35.4 Å². The monoisotopic (exact) mass is 199 g/mol. The Morgan fingerprint density at radius 2 is 1.75 bits per heavy atom. The molecule has 0 aliphatic carbocycles. The molecular weight excluding hydrogens is 195 g/mol. The average Bonchev–Trinajstić information content (AvgIpc) is 2.17. The summed E-state index contributed by atoms with van der Waals surface area (Å²) < 4.78 is 0. The quantitative estimate of drug-likeness (QED) is 0.670. The van der Waals surface area contributed by atoms with Gasteiger partial charge in [0.25, 0.3) is 0 Å². The van der Waals surface area contributed by atoms with Crippen LogP contribution in [0.2, 0.25) is 0 Å². The normalized spacial score (nSPS) is 12.2. The van der Waals surface area contributed by atoms with Crippen LogP contribution in [0.3, 0.4) is 0 Å². The van der Waals surface area contributed by atoms with E-state index in [0.717, 1.165) is 0 Å². The van der Waals surface area contributed by atoms with Crippen LogP contribution in [0.25, 0.3) is 5.03 Å². The van der Waals surface area contributed by atoms with Crippen molar-refractivity contribution in [3.05, 3.63) is 40.9 Å². The van der Waals surface area contributed by atoms with Crippen molar-refractivity contribution in [2.75, 3.05) is 0 Å². The van der Waals surface area contributed by atoms with E-state index in [1.165, 1.54) is 6.29 Å². The molecule has 0 saturated heterocycles. The highest BCUT2D eigenvalue weighted by Gasteiger charge is 2.02. The van der Waals surface area contributed by atoms with Gasteiger partial charge in [0.2, 0.25) is 6.29 Å². The molecule has 0 aliphatic heterocycles. The second-order valence-electron chi connectivity index (χ2n) is 2.10. The number of allylic oxidation sites excluding steroid dienone is 1. The lowest BCUT2D eigenvalue weighted by atomic mass is 10.2. The van der Waals surface area contributed by atoms with Gasteiger partial charge in [0.15, 0.2) is 0 Å². The zero-order chi connectivity index (χ0) is 8.97. The topological polar surface area (TPSA) is 17.1 Å². The van der Waals surface area contributed by atoms with Crippen LogP contribution >= 0.6 is 23.2 Å². The standard InChI is InChI=1S/C9H5Cl2O/c10-8(6-12)9(11)7-4-2-1-3-5-7/h1-5H. The van der Waals surface area contributed by atoms with Gasteiger partial charge >= 0.3 is 0 Å². The Hall–Kier alpha value is -0.790. The van der Waals surface area contributed by atoms with Gasteiger partial charge in [-0.1, -0.05) is 53.5 Å². The molecule has 0 unspecified atom stereocenters. The zero-order valence-electron chi connectivity index (χ0n) is 6.05. The SMILES string of the molecule is O=[C]C(Cl)=C(Cl)c1ccccc1. The average molecular weight is 200 g/mol. The van der Waals surface area contributed by atoms with E-state index >= 15 is 0 Å². The summed E-state index contributed by atoms with van der Waals surface area (Å²) in [6.45, 7) is 0. The first-order valence-electron chi connectivity index (χ1n) is 3.24. The molecule has 0 amide bonds. The summed E-state index contributed by atoms with van der Waals surface area (Å²) in [7, 11) is 0. The number of benzene rings is 1. The molecule has 0 N–H and O–H groups in total. The molecule has 3 heteroatoms. The Balaban J connectivity index is 3.08. The van der Waals surface area contributed by atoms with E-state index < -0.39 is 0 Å². The first-order chi connectivity index (χ1) is 5.75. The number of carbonyl (C=O) groups excluding carboxylic acids is 1. The third-order valence-electron chi connectivity index (χ3n) is 1.31. The molecule has 0 aliphatic rings. The third-order valence-corrected chi connectivity index (χ3v) is 2.08. The van der Waals surface area contributed by atoms with E-state index in [4.69, 9.17) is 23.2 Å². The fourth-order valence-electron chi connectivity index (χ4n) is 0.756. The smallest absolute Gasteiger partial charge is 0.247 e. The molecule has 0 saturated carbocycles. The molecule has 0 bridgehead atoms. The molecule has 12 heavy (non-hydrogen) atoms. The van der Waals surface area contributed by atoms with Crippen molar-refractivity contribution >= 4 is 34.5 Å². The molecule has 1 aromatic carbocycles. The summed E-state index contributed by atoms with van der Waals surface area (Å²) in [6, 6.07) is 9.01. The highest BCUT2D eigenvalue weighted by atomic mass is 35.5. The lowest BCUT2D eigenvalue weighted by molar-refractivity contribution is 0.563. The highest BCUT2D eigenvalue weighted by Crippen LogP contribution is 2.23.